The second kappa shape index (κ2) is 11.9. The van der Waals surface area contributed by atoms with Gasteiger partial charge in [0.15, 0.2) is 5.82 Å². The van der Waals surface area contributed by atoms with Crippen molar-refractivity contribution in [1.82, 2.24) is 19.1 Å². The summed E-state index contributed by atoms with van der Waals surface area (Å²) in [6.45, 7) is 4.42. The van der Waals surface area contributed by atoms with Crippen LogP contribution in [0.3, 0.4) is 0 Å². The van der Waals surface area contributed by atoms with Crippen LogP contribution in [0.25, 0.3) is 88.9 Å². The van der Waals surface area contributed by atoms with Crippen molar-refractivity contribution in [3.8, 4) is 45.3 Å². The Morgan fingerprint density at radius 1 is 0.404 bits per heavy atom. The number of para-hydroxylation sites is 4. The van der Waals surface area contributed by atoms with E-state index in [1.807, 2.05) is 24.3 Å². The maximum atomic E-state index is 5.41. The summed E-state index contributed by atoms with van der Waals surface area (Å²) >= 11 is 0. The summed E-state index contributed by atoms with van der Waals surface area (Å²) in [5.41, 5.74) is 14.2. The minimum absolute atomic E-state index is 0.696. The summed E-state index contributed by atoms with van der Waals surface area (Å²) in [5.74, 6) is 0.696. The largest absolute Gasteiger partial charge is 0.309 e. The lowest BCUT2D eigenvalue weighted by atomic mass is 10.0. The van der Waals surface area contributed by atoms with E-state index in [2.05, 4.69) is 169 Å². The van der Waals surface area contributed by atoms with Gasteiger partial charge in [0.05, 0.1) is 39.1 Å². The van der Waals surface area contributed by atoms with Gasteiger partial charge in [-0.05, 0) is 61.4 Å². The van der Waals surface area contributed by atoms with Gasteiger partial charge >= 0.3 is 0 Å². The number of nitrogens with zero attached hydrogens (tertiary/aromatic N) is 4. The fourth-order valence-corrected chi connectivity index (χ4v) is 8.06. The second-order valence-electron chi connectivity index (χ2n) is 13.5. The van der Waals surface area contributed by atoms with E-state index in [0.29, 0.717) is 5.82 Å². The van der Waals surface area contributed by atoms with Gasteiger partial charge in [-0.25, -0.2) is 9.97 Å². The third-order valence-corrected chi connectivity index (χ3v) is 10.4. The fraction of sp³-hybridized carbons (Fsp3) is 0.0417. The zero-order valence-corrected chi connectivity index (χ0v) is 29.0. The Kier molecular flexibility index (Phi) is 6.90. The summed E-state index contributed by atoms with van der Waals surface area (Å²) in [6.07, 6.45) is 0. The van der Waals surface area contributed by atoms with Gasteiger partial charge < -0.3 is 9.13 Å². The molecule has 0 saturated heterocycles. The molecular weight excluding hydrogens is 633 g/mol. The number of rotatable bonds is 5. The molecule has 0 spiro atoms. The molecule has 0 radical (unpaired) electrons. The topological polar surface area (TPSA) is 35.6 Å². The van der Waals surface area contributed by atoms with Crippen LogP contribution in [0.4, 0.5) is 0 Å². The van der Waals surface area contributed by atoms with Crippen LogP contribution in [0.1, 0.15) is 11.1 Å². The molecule has 3 aromatic heterocycles. The van der Waals surface area contributed by atoms with Gasteiger partial charge in [0.2, 0.25) is 0 Å². The number of aryl methyl sites for hydroxylation is 2. The average molecular weight is 667 g/mol. The zero-order chi connectivity index (χ0) is 34.8. The molecular formula is C48H34N4. The van der Waals surface area contributed by atoms with Crippen molar-refractivity contribution in [2.75, 3.05) is 0 Å². The van der Waals surface area contributed by atoms with E-state index in [4.69, 9.17) is 9.97 Å². The van der Waals surface area contributed by atoms with E-state index in [-0.39, 0.29) is 0 Å². The van der Waals surface area contributed by atoms with Gasteiger partial charge in [-0.1, -0.05) is 133 Å². The molecule has 246 valence electrons. The highest BCUT2D eigenvalue weighted by Gasteiger charge is 2.23. The highest BCUT2D eigenvalue weighted by Crippen LogP contribution is 2.43. The molecule has 0 aliphatic heterocycles. The molecule has 0 aliphatic rings. The van der Waals surface area contributed by atoms with Crippen molar-refractivity contribution in [2.24, 2.45) is 0 Å². The SMILES string of the molecule is Cc1cccc(C)c1-n1c2ccccc2c2cc(-n3c4ccccc4c4ccccc43)cc(-c3cc(-c4ccccc4)nc(-c4ccccc4)n3)c21. The molecule has 52 heavy (non-hydrogen) atoms. The average Bonchev–Trinajstić information content (AvgIpc) is 3.71. The minimum Gasteiger partial charge on any atom is -0.309 e. The summed E-state index contributed by atoms with van der Waals surface area (Å²) in [6, 6.07) is 60.4. The standard InChI is InChI=1S/C48H34N4/c1-31-16-15-17-32(2)46(31)52-45-27-14-11-24-38(45)39-28-35(51-43-25-12-9-22-36(43)37-23-10-13-26-44(37)51)29-40(47(39)52)42-30-41(33-18-5-3-6-19-33)49-48(50-42)34-20-7-4-8-21-34/h3-30H,1-2H3. The van der Waals surface area contributed by atoms with Crippen LogP contribution in [-0.2, 0) is 0 Å². The summed E-state index contributed by atoms with van der Waals surface area (Å²) in [4.78, 5) is 10.6. The smallest absolute Gasteiger partial charge is 0.160 e. The van der Waals surface area contributed by atoms with Crippen molar-refractivity contribution in [3.05, 3.63) is 181 Å². The first kappa shape index (κ1) is 30.1. The molecule has 0 unspecified atom stereocenters. The predicted octanol–water partition coefficient (Wildman–Crippen LogP) is 12.3. The van der Waals surface area contributed by atoms with Gasteiger partial charge in [0.25, 0.3) is 0 Å². The maximum absolute atomic E-state index is 5.41. The van der Waals surface area contributed by atoms with Gasteiger partial charge in [0, 0.05) is 43.9 Å². The number of fused-ring (bicyclic) bond motifs is 6. The number of benzene rings is 7. The monoisotopic (exact) mass is 666 g/mol. The van der Waals surface area contributed by atoms with Crippen LogP contribution < -0.4 is 0 Å². The van der Waals surface area contributed by atoms with Crippen LogP contribution >= 0.6 is 0 Å². The molecule has 0 atom stereocenters. The Morgan fingerprint density at radius 3 is 1.52 bits per heavy atom. The molecule has 0 aliphatic carbocycles. The minimum atomic E-state index is 0.696. The molecule has 4 nitrogen and oxygen atoms in total. The Morgan fingerprint density at radius 2 is 0.904 bits per heavy atom. The van der Waals surface area contributed by atoms with E-state index < -0.39 is 0 Å². The first-order chi connectivity index (χ1) is 25.6. The van der Waals surface area contributed by atoms with E-state index in [1.165, 1.54) is 49.4 Å². The van der Waals surface area contributed by atoms with Gasteiger partial charge in [-0.3, -0.25) is 0 Å². The predicted molar refractivity (Wildman–Crippen MR) is 216 cm³/mol. The Balaban J connectivity index is 1.40. The van der Waals surface area contributed by atoms with Crippen molar-refractivity contribution < 1.29 is 0 Å². The highest BCUT2D eigenvalue weighted by molar-refractivity contribution is 6.16. The normalized spacial score (nSPS) is 11.7. The third-order valence-electron chi connectivity index (χ3n) is 10.4. The lowest BCUT2D eigenvalue weighted by Gasteiger charge is -2.18. The number of aromatic nitrogens is 4. The Hall–Kier alpha value is -6.78. The molecule has 10 rings (SSSR count). The Labute approximate surface area is 301 Å². The van der Waals surface area contributed by atoms with Crippen molar-refractivity contribution >= 4 is 43.6 Å². The number of hydrogen-bond donors (Lipinski definition) is 0. The zero-order valence-electron chi connectivity index (χ0n) is 29.0. The second-order valence-corrected chi connectivity index (χ2v) is 13.5. The van der Waals surface area contributed by atoms with Crippen molar-refractivity contribution in [1.29, 1.82) is 0 Å². The van der Waals surface area contributed by atoms with Gasteiger partial charge in [-0.2, -0.15) is 0 Å². The molecule has 4 heteroatoms. The molecule has 7 aromatic carbocycles. The van der Waals surface area contributed by atoms with E-state index in [1.54, 1.807) is 0 Å². The lowest BCUT2D eigenvalue weighted by Crippen LogP contribution is -2.03. The van der Waals surface area contributed by atoms with Crippen LogP contribution in [-0.4, -0.2) is 19.1 Å². The maximum Gasteiger partial charge on any atom is 0.160 e. The molecule has 3 heterocycles. The van der Waals surface area contributed by atoms with Gasteiger partial charge in [0.1, 0.15) is 0 Å². The van der Waals surface area contributed by atoms with E-state index in [9.17, 15) is 0 Å². The molecule has 10 aromatic rings. The van der Waals surface area contributed by atoms with Crippen molar-refractivity contribution in [3.63, 3.8) is 0 Å². The quantitative estimate of drug-likeness (QED) is 0.183. The van der Waals surface area contributed by atoms with Crippen LogP contribution in [0.2, 0.25) is 0 Å². The van der Waals surface area contributed by atoms with E-state index >= 15 is 0 Å². The highest BCUT2D eigenvalue weighted by atomic mass is 15.0. The lowest BCUT2D eigenvalue weighted by molar-refractivity contribution is 1.11. The summed E-state index contributed by atoms with van der Waals surface area (Å²) in [7, 11) is 0. The molecule has 0 fully saturated rings. The van der Waals surface area contributed by atoms with E-state index in [0.717, 1.165) is 44.8 Å². The van der Waals surface area contributed by atoms with Crippen LogP contribution in [0.15, 0.2) is 170 Å². The fourth-order valence-electron chi connectivity index (χ4n) is 8.06. The van der Waals surface area contributed by atoms with Crippen LogP contribution in [0.5, 0.6) is 0 Å². The molecule has 0 amide bonds. The molecule has 0 bridgehead atoms. The van der Waals surface area contributed by atoms with Crippen LogP contribution in [0, 0.1) is 13.8 Å². The third kappa shape index (κ3) is 4.69. The van der Waals surface area contributed by atoms with Gasteiger partial charge in [-0.15, -0.1) is 0 Å². The number of hydrogen-bond acceptors (Lipinski definition) is 2. The first-order valence-electron chi connectivity index (χ1n) is 17.8. The summed E-state index contributed by atoms with van der Waals surface area (Å²) in [5, 5.41) is 4.84. The summed E-state index contributed by atoms with van der Waals surface area (Å²) < 4.78 is 4.88. The first-order valence-corrected chi connectivity index (χ1v) is 17.8. The van der Waals surface area contributed by atoms with Crippen molar-refractivity contribution in [2.45, 2.75) is 13.8 Å². The Bertz CT molecular complexity index is 2840. The molecule has 0 N–H and O–H groups in total. The molecule has 0 saturated carbocycles.